The fraction of sp³-hybridized carbons (Fsp3) is 0.217. The lowest BCUT2D eigenvalue weighted by atomic mass is 10.1. The largest absolute Gasteiger partial charge is 0.388 e. The number of carbonyl (C=O) groups excluding carboxylic acids is 1. The monoisotopic (exact) mass is 522 g/mol. The van der Waals surface area contributed by atoms with E-state index >= 15 is 0 Å². The highest BCUT2D eigenvalue weighted by Gasteiger charge is 2.32. The molecule has 0 bridgehead atoms. The summed E-state index contributed by atoms with van der Waals surface area (Å²) in [7, 11) is 3.39. The first kappa shape index (κ1) is 25.9. The van der Waals surface area contributed by atoms with Gasteiger partial charge in [0.1, 0.15) is 24.0 Å². The van der Waals surface area contributed by atoms with Gasteiger partial charge in [-0.15, -0.1) is 11.3 Å². The number of benzene rings is 2. The zero-order valence-corrected chi connectivity index (χ0v) is 20.6. The summed E-state index contributed by atoms with van der Waals surface area (Å²) in [4.78, 5) is 12.9. The van der Waals surface area contributed by atoms with Crippen molar-refractivity contribution in [3.63, 3.8) is 0 Å². The van der Waals surface area contributed by atoms with E-state index in [4.69, 9.17) is 16.9 Å². The van der Waals surface area contributed by atoms with Crippen LogP contribution in [-0.2, 0) is 16.0 Å². The molecule has 0 aliphatic carbocycles. The van der Waals surface area contributed by atoms with Crippen molar-refractivity contribution in [3.8, 4) is 16.5 Å². The smallest absolute Gasteiger partial charge is 0.170 e. The zero-order valence-electron chi connectivity index (χ0n) is 18.2. The number of halogens is 3. The van der Waals surface area contributed by atoms with Crippen molar-refractivity contribution in [2.45, 2.75) is 18.5 Å². The van der Waals surface area contributed by atoms with Crippen molar-refractivity contribution in [1.29, 1.82) is 5.26 Å². The Morgan fingerprint density at radius 1 is 1.24 bits per heavy atom. The molecule has 2 heterocycles. The van der Waals surface area contributed by atoms with Gasteiger partial charge in [-0.05, 0) is 54.4 Å². The van der Waals surface area contributed by atoms with Gasteiger partial charge in [0, 0.05) is 29.5 Å². The average Bonchev–Trinajstić information content (AvgIpc) is 3.33. The molecule has 3 unspecified atom stereocenters. The summed E-state index contributed by atoms with van der Waals surface area (Å²) >= 11 is 5.50. The number of nitrogens with one attached hydrogen (secondary N) is 2. The Bertz CT molecular complexity index is 1250. The summed E-state index contributed by atoms with van der Waals surface area (Å²) in [6, 6.07) is 13.9. The van der Waals surface area contributed by atoms with Crippen molar-refractivity contribution in [2.24, 2.45) is 0 Å². The number of nitriles is 1. The van der Waals surface area contributed by atoms with Crippen molar-refractivity contribution in [3.05, 3.63) is 75.6 Å². The van der Waals surface area contributed by atoms with Crippen LogP contribution in [0.1, 0.15) is 22.9 Å². The molecule has 3 atom stereocenters. The molecule has 34 heavy (non-hydrogen) atoms. The van der Waals surface area contributed by atoms with Crippen LogP contribution in [0.5, 0.6) is 0 Å². The van der Waals surface area contributed by atoms with Crippen molar-refractivity contribution in [2.75, 3.05) is 19.4 Å². The maximum Gasteiger partial charge on any atom is 0.170 e. The van der Waals surface area contributed by atoms with Gasteiger partial charge in [0.25, 0.3) is 0 Å². The quantitative estimate of drug-likeness (QED) is 0.469. The van der Waals surface area contributed by atoms with Gasteiger partial charge in [-0.2, -0.15) is 5.26 Å². The van der Waals surface area contributed by atoms with Crippen molar-refractivity contribution < 1.29 is 17.8 Å². The molecule has 1 aliphatic heterocycles. The summed E-state index contributed by atoms with van der Waals surface area (Å²) in [5.74, 6) is -0.940. The topological polar surface area (TPSA) is 85.2 Å². The second-order valence-corrected chi connectivity index (χ2v) is 10.1. The molecule has 1 aromatic heterocycles. The molecule has 11 heteroatoms. The number of thiophene rings is 1. The van der Waals surface area contributed by atoms with Crippen LogP contribution in [0.4, 0.5) is 14.5 Å². The lowest BCUT2D eigenvalue weighted by Crippen LogP contribution is -2.48. The van der Waals surface area contributed by atoms with E-state index in [-0.39, 0.29) is 22.4 Å². The van der Waals surface area contributed by atoms with E-state index in [1.807, 2.05) is 12.1 Å². The number of nitrogens with zero attached hydrogens (tertiary/aromatic N) is 2. The molecule has 4 rings (SSSR count). The van der Waals surface area contributed by atoms with Crippen LogP contribution >= 0.6 is 22.9 Å². The minimum absolute atomic E-state index is 0.0109. The highest BCUT2D eigenvalue weighted by atomic mass is 35.5. The number of hydrogen-bond acceptors (Lipinski definition) is 5. The Kier molecular flexibility index (Phi) is 8.88. The van der Waals surface area contributed by atoms with E-state index in [1.54, 1.807) is 32.3 Å². The Labute approximate surface area is 207 Å². The number of carbonyl (C=O) groups is 1. The van der Waals surface area contributed by atoms with Crippen LogP contribution in [0, 0.1) is 23.0 Å². The molecule has 178 valence electrons. The molecule has 3 aromatic rings. The molecule has 0 radical (unpaired) electrons. The summed E-state index contributed by atoms with van der Waals surface area (Å²) < 4.78 is 42.7. The first-order valence-corrected chi connectivity index (χ1v) is 12.4. The summed E-state index contributed by atoms with van der Waals surface area (Å²) in [5, 5.41) is 11.8. The molecule has 0 spiro atoms. The lowest BCUT2D eigenvalue weighted by Gasteiger charge is -2.32. The lowest BCUT2D eigenvalue weighted by molar-refractivity contribution is -0.111. The van der Waals surface area contributed by atoms with Crippen LogP contribution in [0.3, 0.4) is 0 Å². The molecule has 0 amide bonds. The third-order valence-corrected chi connectivity index (χ3v) is 7.98. The fourth-order valence-corrected chi connectivity index (χ4v) is 5.53. The molecule has 2 N–H and O–H groups in total. The second-order valence-electron chi connectivity index (χ2n) is 7.29. The number of hydrogen-bond donors (Lipinski definition) is 2. The van der Waals surface area contributed by atoms with E-state index in [0.29, 0.717) is 12.0 Å². The molecule has 2 aromatic carbocycles. The Morgan fingerprint density at radius 3 is 2.62 bits per heavy atom. The first-order valence-electron chi connectivity index (χ1n) is 10.1. The SMILES string of the molecule is CN1C(C=O)CC(c2ccc(-c3ccc(C#N)c(F)c3)s2)NS1=O.CNc1ccc(F)c(Cl)c1. The first-order chi connectivity index (χ1) is 16.3. The Hall–Kier alpha value is -2.68. The zero-order chi connectivity index (χ0) is 24.8. The fourth-order valence-electron chi connectivity index (χ4n) is 3.19. The number of aldehydes is 1. The summed E-state index contributed by atoms with van der Waals surface area (Å²) in [6.07, 6.45) is 1.32. The van der Waals surface area contributed by atoms with E-state index in [9.17, 15) is 17.8 Å². The highest BCUT2D eigenvalue weighted by Crippen LogP contribution is 2.35. The minimum atomic E-state index is -1.43. The Morgan fingerprint density at radius 2 is 2.00 bits per heavy atom. The third-order valence-electron chi connectivity index (χ3n) is 5.16. The molecule has 1 aliphatic rings. The maximum atomic E-state index is 13.8. The normalized spacial score (nSPS) is 20.1. The van der Waals surface area contributed by atoms with Gasteiger partial charge in [-0.1, -0.05) is 17.7 Å². The van der Waals surface area contributed by atoms with E-state index in [0.717, 1.165) is 21.7 Å². The predicted octanol–water partition coefficient (Wildman–Crippen LogP) is 5.06. The van der Waals surface area contributed by atoms with E-state index in [2.05, 4.69) is 10.0 Å². The predicted molar refractivity (Wildman–Crippen MR) is 132 cm³/mol. The molecular formula is C23H21ClF2N4O2S2. The number of likely N-dealkylation sites (N-methyl/N-ethyl adjacent to an activating group) is 1. The molecule has 1 saturated heterocycles. The third kappa shape index (κ3) is 6.05. The van der Waals surface area contributed by atoms with E-state index in [1.165, 1.54) is 39.9 Å². The summed E-state index contributed by atoms with van der Waals surface area (Å²) in [6.45, 7) is 0. The van der Waals surface area contributed by atoms with Gasteiger partial charge >= 0.3 is 0 Å². The van der Waals surface area contributed by atoms with Crippen molar-refractivity contribution >= 4 is 46.1 Å². The van der Waals surface area contributed by atoms with E-state index < -0.39 is 23.0 Å². The van der Waals surface area contributed by atoms with Gasteiger partial charge in [0.05, 0.1) is 22.7 Å². The van der Waals surface area contributed by atoms with Crippen LogP contribution < -0.4 is 10.0 Å². The molecular weight excluding hydrogens is 502 g/mol. The number of rotatable bonds is 4. The standard InChI is InChI=1S/C16H14FN3O2S2.C7H7ClFN/c1-20-12(9-21)7-14(19-24(20)22)16-5-4-15(23-16)10-2-3-11(8-18)13(17)6-10;1-10-5-2-3-7(9)6(8)4-5/h2-6,9,12,14,19H,7H2,1H3;2-4,10H,1H3. The Balaban J connectivity index is 0.000000271. The van der Waals surface area contributed by atoms with Gasteiger partial charge in [-0.3, -0.25) is 0 Å². The molecule has 6 nitrogen and oxygen atoms in total. The average molecular weight is 523 g/mol. The van der Waals surface area contributed by atoms with Crippen LogP contribution in [0.15, 0.2) is 48.5 Å². The summed E-state index contributed by atoms with van der Waals surface area (Å²) in [5.41, 5.74) is 1.51. The van der Waals surface area contributed by atoms with Crippen LogP contribution in [0.25, 0.3) is 10.4 Å². The second kappa shape index (κ2) is 11.6. The van der Waals surface area contributed by atoms with Gasteiger partial charge in [0.15, 0.2) is 11.2 Å². The van der Waals surface area contributed by atoms with Crippen LogP contribution in [0.2, 0.25) is 5.02 Å². The minimum Gasteiger partial charge on any atom is -0.388 e. The van der Waals surface area contributed by atoms with Gasteiger partial charge in [-0.25, -0.2) is 22.0 Å². The van der Waals surface area contributed by atoms with Crippen LogP contribution in [-0.4, -0.2) is 34.9 Å². The maximum absolute atomic E-state index is 13.8. The molecule has 1 fully saturated rings. The van der Waals surface area contributed by atoms with Gasteiger partial charge < -0.3 is 10.1 Å². The van der Waals surface area contributed by atoms with Gasteiger partial charge in [0.2, 0.25) is 0 Å². The highest BCUT2D eigenvalue weighted by molar-refractivity contribution is 7.80. The molecule has 0 saturated carbocycles. The number of anilines is 1. The van der Waals surface area contributed by atoms with Crippen molar-refractivity contribution in [1.82, 2.24) is 9.03 Å².